The first-order valence-electron chi connectivity index (χ1n) is 9.70. The van der Waals surface area contributed by atoms with Crippen molar-refractivity contribution in [2.45, 2.75) is 32.1 Å². The van der Waals surface area contributed by atoms with Gasteiger partial charge in [0.15, 0.2) is 0 Å². The standard InChI is InChI=1S/C22H23F2N3O/c23-16-6-4-15(5-7-16)22-18(19-14-17(24)8-10-20(19)25-22)9-11-21(28)26-27-12-2-1-3-13-27/h4-8,10,14,25H,1-3,9,11-13H2,(H,26,28). The smallest absolute Gasteiger partial charge is 0.234 e. The van der Waals surface area contributed by atoms with E-state index in [-0.39, 0.29) is 17.5 Å². The molecule has 3 aromatic rings. The van der Waals surface area contributed by atoms with Crippen molar-refractivity contribution >= 4 is 16.8 Å². The Morgan fingerprint density at radius 2 is 1.71 bits per heavy atom. The molecule has 4 rings (SSSR count). The predicted molar refractivity (Wildman–Crippen MR) is 106 cm³/mol. The lowest BCUT2D eigenvalue weighted by molar-refractivity contribution is -0.126. The van der Waals surface area contributed by atoms with Gasteiger partial charge in [-0.3, -0.25) is 10.2 Å². The van der Waals surface area contributed by atoms with Gasteiger partial charge in [-0.1, -0.05) is 6.42 Å². The fourth-order valence-electron chi connectivity index (χ4n) is 3.82. The van der Waals surface area contributed by atoms with Gasteiger partial charge in [0.1, 0.15) is 11.6 Å². The van der Waals surface area contributed by atoms with Crippen LogP contribution in [0.25, 0.3) is 22.2 Å². The first kappa shape index (κ1) is 18.6. The van der Waals surface area contributed by atoms with E-state index in [0.29, 0.717) is 12.8 Å². The molecule has 146 valence electrons. The lowest BCUT2D eigenvalue weighted by atomic mass is 10.0. The average molecular weight is 383 g/mol. The number of amides is 1. The van der Waals surface area contributed by atoms with E-state index in [1.54, 1.807) is 18.2 Å². The molecule has 28 heavy (non-hydrogen) atoms. The minimum atomic E-state index is -0.323. The Balaban J connectivity index is 1.58. The monoisotopic (exact) mass is 383 g/mol. The number of nitrogens with one attached hydrogen (secondary N) is 2. The third-order valence-corrected chi connectivity index (χ3v) is 5.24. The van der Waals surface area contributed by atoms with E-state index in [1.165, 1.54) is 30.7 Å². The summed E-state index contributed by atoms with van der Waals surface area (Å²) in [6.07, 6.45) is 4.16. The van der Waals surface area contributed by atoms with E-state index < -0.39 is 0 Å². The molecule has 2 heterocycles. The van der Waals surface area contributed by atoms with Gasteiger partial charge < -0.3 is 4.98 Å². The van der Waals surface area contributed by atoms with Gasteiger partial charge in [-0.15, -0.1) is 0 Å². The molecule has 1 amide bonds. The van der Waals surface area contributed by atoms with Crippen molar-refractivity contribution in [1.29, 1.82) is 0 Å². The van der Waals surface area contributed by atoms with E-state index in [0.717, 1.165) is 53.7 Å². The number of aromatic amines is 1. The number of hydrazine groups is 1. The Kier molecular flexibility index (Phi) is 5.39. The fourth-order valence-corrected chi connectivity index (χ4v) is 3.82. The van der Waals surface area contributed by atoms with Gasteiger partial charge in [0.25, 0.3) is 0 Å². The number of fused-ring (bicyclic) bond motifs is 1. The lowest BCUT2D eigenvalue weighted by Crippen LogP contribution is -2.45. The van der Waals surface area contributed by atoms with E-state index >= 15 is 0 Å². The SMILES string of the molecule is O=C(CCc1c(-c2ccc(F)cc2)[nH]c2ccc(F)cc12)NN1CCCCC1. The number of benzene rings is 2. The summed E-state index contributed by atoms with van der Waals surface area (Å²) in [7, 11) is 0. The molecule has 2 aromatic carbocycles. The predicted octanol–water partition coefficient (Wildman–Crippen LogP) is 4.56. The molecule has 0 spiro atoms. The Labute approximate surface area is 162 Å². The third kappa shape index (κ3) is 4.07. The topological polar surface area (TPSA) is 48.1 Å². The summed E-state index contributed by atoms with van der Waals surface area (Å²) in [4.78, 5) is 15.7. The molecule has 0 saturated carbocycles. The molecular weight excluding hydrogens is 360 g/mol. The number of H-pyrrole nitrogens is 1. The number of aromatic nitrogens is 1. The largest absolute Gasteiger partial charge is 0.354 e. The van der Waals surface area contributed by atoms with Crippen molar-refractivity contribution in [3.05, 3.63) is 59.7 Å². The molecule has 0 unspecified atom stereocenters. The zero-order chi connectivity index (χ0) is 19.5. The lowest BCUT2D eigenvalue weighted by Gasteiger charge is -2.26. The second-order valence-corrected chi connectivity index (χ2v) is 7.26. The van der Waals surface area contributed by atoms with Crippen molar-refractivity contribution in [3.8, 4) is 11.3 Å². The summed E-state index contributed by atoms with van der Waals surface area (Å²) < 4.78 is 27.2. The molecule has 1 saturated heterocycles. The number of aryl methyl sites for hydroxylation is 1. The summed E-state index contributed by atoms with van der Waals surface area (Å²) in [5, 5.41) is 2.73. The van der Waals surface area contributed by atoms with Crippen LogP contribution >= 0.6 is 0 Å². The quantitative estimate of drug-likeness (QED) is 0.678. The number of carbonyl (C=O) groups excluding carboxylic acids is 1. The van der Waals surface area contributed by atoms with Gasteiger partial charge in [0.2, 0.25) is 5.91 Å². The average Bonchev–Trinajstić information content (AvgIpc) is 3.05. The van der Waals surface area contributed by atoms with Crippen LogP contribution in [0.3, 0.4) is 0 Å². The first-order valence-corrected chi connectivity index (χ1v) is 9.70. The Morgan fingerprint density at radius 1 is 1.00 bits per heavy atom. The zero-order valence-corrected chi connectivity index (χ0v) is 15.6. The first-order chi connectivity index (χ1) is 13.6. The van der Waals surface area contributed by atoms with Crippen LogP contribution < -0.4 is 5.43 Å². The molecule has 1 aliphatic heterocycles. The molecule has 2 N–H and O–H groups in total. The number of nitrogens with zero attached hydrogens (tertiary/aromatic N) is 1. The molecule has 0 atom stereocenters. The molecule has 6 heteroatoms. The van der Waals surface area contributed by atoms with Gasteiger partial charge in [0.05, 0.1) is 0 Å². The summed E-state index contributed by atoms with van der Waals surface area (Å²) in [6, 6.07) is 10.7. The van der Waals surface area contributed by atoms with Crippen LogP contribution in [-0.4, -0.2) is 29.0 Å². The van der Waals surface area contributed by atoms with Crippen LogP contribution in [0.2, 0.25) is 0 Å². The van der Waals surface area contributed by atoms with Crippen molar-refractivity contribution in [3.63, 3.8) is 0 Å². The zero-order valence-electron chi connectivity index (χ0n) is 15.6. The van der Waals surface area contributed by atoms with Gasteiger partial charge in [-0.2, -0.15) is 0 Å². The highest BCUT2D eigenvalue weighted by Gasteiger charge is 2.17. The summed E-state index contributed by atoms with van der Waals surface area (Å²) >= 11 is 0. The van der Waals surface area contributed by atoms with Crippen molar-refractivity contribution in [2.75, 3.05) is 13.1 Å². The molecular formula is C22H23F2N3O. The van der Waals surface area contributed by atoms with Gasteiger partial charge in [-0.25, -0.2) is 13.8 Å². The number of hydrogen-bond acceptors (Lipinski definition) is 2. The highest BCUT2D eigenvalue weighted by Crippen LogP contribution is 2.32. The number of halogens is 2. The van der Waals surface area contributed by atoms with E-state index in [9.17, 15) is 13.6 Å². The Bertz CT molecular complexity index is 975. The number of carbonyl (C=O) groups is 1. The van der Waals surface area contributed by atoms with Gasteiger partial charge in [-0.05, 0) is 72.9 Å². The van der Waals surface area contributed by atoms with Crippen LogP contribution in [0.5, 0.6) is 0 Å². The number of hydrogen-bond donors (Lipinski definition) is 2. The van der Waals surface area contributed by atoms with Crippen LogP contribution in [-0.2, 0) is 11.2 Å². The van der Waals surface area contributed by atoms with Crippen molar-refractivity contribution in [1.82, 2.24) is 15.4 Å². The van der Waals surface area contributed by atoms with E-state index in [2.05, 4.69) is 10.4 Å². The summed E-state index contributed by atoms with van der Waals surface area (Å²) in [5.74, 6) is -0.678. The molecule has 1 aromatic heterocycles. The van der Waals surface area contributed by atoms with Gasteiger partial charge in [0, 0.05) is 36.1 Å². The van der Waals surface area contributed by atoms with E-state index in [1.807, 2.05) is 5.01 Å². The van der Waals surface area contributed by atoms with Gasteiger partial charge >= 0.3 is 0 Å². The second kappa shape index (κ2) is 8.10. The normalized spacial score (nSPS) is 15.1. The Morgan fingerprint density at radius 3 is 2.46 bits per heavy atom. The van der Waals surface area contributed by atoms with Crippen LogP contribution in [0.15, 0.2) is 42.5 Å². The molecule has 0 aliphatic carbocycles. The maximum Gasteiger partial charge on any atom is 0.234 e. The maximum atomic E-state index is 13.8. The highest BCUT2D eigenvalue weighted by molar-refractivity contribution is 5.91. The minimum Gasteiger partial charge on any atom is -0.354 e. The molecule has 0 bridgehead atoms. The molecule has 4 nitrogen and oxygen atoms in total. The van der Waals surface area contributed by atoms with E-state index in [4.69, 9.17) is 0 Å². The molecule has 1 aliphatic rings. The number of rotatable bonds is 5. The molecule has 0 radical (unpaired) electrons. The van der Waals surface area contributed by atoms with Crippen LogP contribution in [0, 0.1) is 11.6 Å². The second-order valence-electron chi connectivity index (χ2n) is 7.26. The van der Waals surface area contributed by atoms with Crippen molar-refractivity contribution < 1.29 is 13.6 Å². The Hall–Kier alpha value is -2.73. The summed E-state index contributed by atoms with van der Waals surface area (Å²) in [6.45, 7) is 1.76. The minimum absolute atomic E-state index is 0.0438. The third-order valence-electron chi connectivity index (χ3n) is 5.24. The number of piperidine rings is 1. The highest BCUT2D eigenvalue weighted by atomic mass is 19.1. The van der Waals surface area contributed by atoms with Crippen LogP contribution in [0.4, 0.5) is 8.78 Å². The fraction of sp³-hybridized carbons (Fsp3) is 0.318. The summed E-state index contributed by atoms with van der Waals surface area (Å²) in [5.41, 5.74) is 6.24. The van der Waals surface area contributed by atoms with Crippen LogP contribution in [0.1, 0.15) is 31.2 Å². The maximum absolute atomic E-state index is 13.8. The molecule has 1 fully saturated rings. The van der Waals surface area contributed by atoms with Crippen molar-refractivity contribution in [2.24, 2.45) is 0 Å².